The van der Waals surface area contributed by atoms with Crippen LogP contribution in [0.2, 0.25) is 0 Å². The maximum Gasteiger partial charge on any atom is 0.262 e. The van der Waals surface area contributed by atoms with E-state index >= 15 is 0 Å². The van der Waals surface area contributed by atoms with Crippen molar-refractivity contribution < 1.29 is 8.78 Å². The number of para-hydroxylation sites is 2. The van der Waals surface area contributed by atoms with Crippen molar-refractivity contribution in [3.05, 3.63) is 141 Å². The van der Waals surface area contributed by atoms with Crippen molar-refractivity contribution in [3.8, 4) is 0 Å². The standard InChI is InChI=1S/C33H26F2N4O2S2/c34-26-14-5-1-10-22(26)20-42-32-36-28-16-7-3-12-24(28)30(40)38(32)18-9-19-39-31(41)25-13-4-8-17-29(25)37-33(39)43-21-23-11-2-6-15-27(23)35/h1-8,10-17H,9,18-21H2. The number of hydrogen-bond donors (Lipinski definition) is 0. The predicted octanol–water partition coefficient (Wildman–Crippen LogP) is 7.06. The van der Waals surface area contributed by atoms with E-state index in [9.17, 15) is 18.4 Å². The van der Waals surface area contributed by atoms with Crippen molar-refractivity contribution in [1.29, 1.82) is 0 Å². The molecule has 216 valence electrons. The molecule has 0 radical (unpaired) electrons. The van der Waals surface area contributed by atoms with Gasteiger partial charge < -0.3 is 0 Å². The fourth-order valence-electron chi connectivity index (χ4n) is 4.81. The summed E-state index contributed by atoms with van der Waals surface area (Å²) >= 11 is 2.59. The predicted molar refractivity (Wildman–Crippen MR) is 169 cm³/mol. The molecule has 2 aromatic heterocycles. The summed E-state index contributed by atoms with van der Waals surface area (Å²) in [6.45, 7) is 0.569. The van der Waals surface area contributed by atoms with Gasteiger partial charge in [-0.05, 0) is 53.9 Å². The van der Waals surface area contributed by atoms with Gasteiger partial charge in [-0.15, -0.1) is 0 Å². The second kappa shape index (κ2) is 12.9. The Morgan fingerprint density at radius 3 is 1.40 bits per heavy atom. The van der Waals surface area contributed by atoms with Crippen LogP contribution in [0.5, 0.6) is 0 Å². The quantitative estimate of drug-likeness (QED) is 0.122. The summed E-state index contributed by atoms with van der Waals surface area (Å²) < 4.78 is 31.9. The minimum Gasteiger partial charge on any atom is -0.287 e. The summed E-state index contributed by atoms with van der Waals surface area (Å²) in [6, 6.07) is 27.4. The van der Waals surface area contributed by atoms with Crippen molar-refractivity contribution >= 4 is 45.3 Å². The molecule has 0 saturated carbocycles. The molecule has 10 heteroatoms. The average molecular weight is 613 g/mol. The smallest absolute Gasteiger partial charge is 0.262 e. The Balaban J connectivity index is 1.30. The van der Waals surface area contributed by atoms with Gasteiger partial charge in [-0.1, -0.05) is 84.2 Å². The Hall–Kier alpha value is -4.28. The fraction of sp³-hybridized carbons (Fsp3) is 0.152. The minimum absolute atomic E-state index is 0.195. The molecule has 6 aromatic rings. The molecule has 0 atom stereocenters. The summed E-state index contributed by atoms with van der Waals surface area (Å²) in [5.41, 5.74) is 1.79. The summed E-state index contributed by atoms with van der Waals surface area (Å²) in [5.74, 6) is -0.00780. The minimum atomic E-state index is -0.312. The third-order valence-corrected chi connectivity index (χ3v) is 9.10. The summed E-state index contributed by atoms with van der Waals surface area (Å²) in [6.07, 6.45) is 0.431. The average Bonchev–Trinajstić information content (AvgIpc) is 3.02. The first kappa shape index (κ1) is 28.8. The van der Waals surface area contributed by atoms with Crippen molar-refractivity contribution in [2.45, 2.75) is 41.3 Å². The molecule has 0 aliphatic carbocycles. The second-order valence-electron chi connectivity index (χ2n) is 9.85. The monoisotopic (exact) mass is 612 g/mol. The van der Waals surface area contributed by atoms with Crippen LogP contribution in [0.4, 0.5) is 8.78 Å². The van der Waals surface area contributed by atoms with Gasteiger partial charge in [-0.25, -0.2) is 18.7 Å². The molecule has 43 heavy (non-hydrogen) atoms. The molecule has 0 spiro atoms. The van der Waals surface area contributed by atoms with Crippen LogP contribution in [0, 0.1) is 11.6 Å². The van der Waals surface area contributed by atoms with Crippen LogP contribution in [0.15, 0.2) is 117 Å². The van der Waals surface area contributed by atoms with Gasteiger partial charge in [0.25, 0.3) is 11.1 Å². The SMILES string of the molecule is O=c1c2ccccc2nc(SCc2ccccc2F)n1CCCn1c(SCc2ccccc2F)nc2ccccc2c1=O. The molecule has 6 rings (SSSR count). The van der Waals surface area contributed by atoms with Gasteiger partial charge in [0.05, 0.1) is 21.8 Å². The van der Waals surface area contributed by atoms with Crippen LogP contribution in [0.25, 0.3) is 21.8 Å². The Morgan fingerprint density at radius 1 is 0.558 bits per heavy atom. The number of nitrogens with zero attached hydrogens (tertiary/aromatic N) is 4. The van der Waals surface area contributed by atoms with E-state index in [4.69, 9.17) is 9.97 Å². The van der Waals surface area contributed by atoms with Crippen LogP contribution in [0.1, 0.15) is 17.5 Å². The van der Waals surface area contributed by atoms with Gasteiger partial charge in [-0.3, -0.25) is 18.7 Å². The highest BCUT2D eigenvalue weighted by Crippen LogP contribution is 2.26. The molecule has 0 aliphatic rings. The third kappa shape index (κ3) is 6.25. The number of rotatable bonds is 10. The van der Waals surface area contributed by atoms with Gasteiger partial charge in [0.15, 0.2) is 10.3 Å². The van der Waals surface area contributed by atoms with Crippen molar-refractivity contribution in [2.75, 3.05) is 0 Å². The van der Waals surface area contributed by atoms with E-state index in [2.05, 4.69) is 0 Å². The zero-order valence-corrected chi connectivity index (χ0v) is 24.6. The zero-order valence-electron chi connectivity index (χ0n) is 23.0. The van der Waals surface area contributed by atoms with Crippen LogP contribution in [0.3, 0.4) is 0 Å². The van der Waals surface area contributed by atoms with Crippen LogP contribution in [-0.2, 0) is 24.6 Å². The van der Waals surface area contributed by atoms with Gasteiger partial charge in [0, 0.05) is 24.6 Å². The van der Waals surface area contributed by atoms with Crippen molar-refractivity contribution in [1.82, 2.24) is 19.1 Å². The Labute approximate surface area is 254 Å². The number of aromatic nitrogens is 4. The highest BCUT2D eigenvalue weighted by molar-refractivity contribution is 7.98. The number of benzene rings is 4. The lowest BCUT2D eigenvalue weighted by atomic mass is 10.2. The van der Waals surface area contributed by atoms with Crippen molar-refractivity contribution in [2.24, 2.45) is 0 Å². The largest absolute Gasteiger partial charge is 0.287 e. The van der Waals surface area contributed by atoms with Crippen LogP contribution in [-0.4, -0.2) is 19.1 Å². The molecular weight excluding hydrogens is 587 g/mol. The maximum atomic E-state index is 14.3. The lowest BCUT2D eigenvalue weighted by Crippen LogP contribution is -2.27. The Kier molecular flexibility index (Phi) is 8.67. The van der Waals surface area contributed by atoms with E-state index in [1.54, 1.807) is 81.9 Å². The van der Waals surface area contributed by atoms with E-state index in [0.717, 1.165) is 0 Å². The lowest BCUT2D eigenvalue weighted by Gasteiger charge is -2.16. The Morgan fingerprint density at radius 2 is 0.953 bits per heavy atom. The van der Waals surface area contributed by atoms with E-state index in [1.165, 1.54) is 35.7 Å². The molecule has 6 nitrogen and oxygen atoms in total. The molecule has 0 N–H and O–H groups in total. The normalized spacial score (nSPS) is 11.4. The fourth-order valence-corrected chi connectivity index (χ4v) is 6.84. The van der Waals surface area contributed by atoms with Gasteiger partial charge in [-0.2, -0.15) is 0 Å². The third-order valence-electron chi connectivity index (χ3n) is 7.05. The van der Waals surface area contributed by atoms with Gasteiger partial charge >= 0.3 is 0 Å². The molecular formula is C33H26F2N4O2S2. The van der Waals surface area contributed by atoms with Gasteiger partial charge in [0.1, 0.15) is 11.6 Å². The Bertz CT molecular complexity index is 1920. The van der Waals surface area contributed by atoms with Crippen LogP contribution < -0.4 is 11.1 Å². The highest BCUT2D eigenvalue weighted by atomic mass is 32.2. The molecule has 0 fully saturated rings. The second-order valence-corrected chi connectivity index (χ2v) is 11.7. The molecule has 2 heterocycles. The zero-order chi connectivity index (χ0) is 29.8. The molecule has 0 aliphatic heterocycles. The molecule has 0 amide bonds. The maximum absolute atomic E-state index is 14.3. The molecule has 0 saturated heterocycles. The van der Waals surface area contributed by atoms with E-state index in [1.807, 2.05) is 12.1 Å². The van der Waals surface area contributed by atoms with Crippen molar-refractivity contribution in [3.63, 3.8) is 0 Å². The molecule has 0 bridgehead atoms. The van der Waals surface area contributed by atoms with E-state index in [0.29, 0.717) is 61.2 Å². The first-order valence-electron chi connectivity index (χ1n) is 13.7. The highest BCUT2D eigenvalue weighted by Gasteiger charge is 2.16. The summed E-state index contributed by atoms with van der Waals surface area (Å²) in [5, 5.41) is 1.93. The van der Waals surface area contributed by atoms with Crippen LogP contribution >= 0.6 is 23.5 Å². The molecule has 4 aromatic carbocycles. The lowest BCUT2D eigenvalue weighted by molar-refractivity contribution is 0.489. The number of halogens is 2. The van der Waals surface area contributed by atoms with Gasteiger partial charge in [0.2, 0.25) is 0 Å². The molecule has 0 unspecified atom stereocenters. The van der Waals surface area contributed by atoms with E-state index in [-0.39, 0.29) is 35.8 Å². The summed E-state index contributed by atoms with van der Waals surface area (Å²) in [4.78, 5) is 36.6. The number of hydrogen-bond acceptors (Lipinski definition) is 6. The number of fused-ring (bicyclic) bond motifs is 2. The number of thioether (sulfide) groups is 2. The topological polar surface area (TPSA) is 69.8 Å². The summed E-state index contributed by atoms with van der Waals surface area (Å²) in [7, 11) is 0. The first-order valence-corrected chi connectivity index (χ1v) is 15.7. The first-order chi connectivity index (χ1) is 21.0. The van der Waals surface area contributed by atoms with E-state index < -0.39 is 0 Å².